The fourth-order valence-electron chi connectivity index (χ4n) is 5.20. The minimum absolute atomic E-state index is 0.301. The van der Waals surface area contributed by atoms with Gasteiger partial charge >= 0.3 is 11.9 Å². The zero-order valence-corrected chi connectivity index (χ0v) is 18.8. The van der Waals surface area contributed by atoms with Crippen LogP contribution in [0.15, 0.2) is 36.4 Å². The first-order chi connectivity index (χ1) is 14.5. The van der Waals surface area contributed by atoms with Gasteiger partial charge in [-0.3, -0.25) is 9.59 Å². The van der Waals surface area contributed by atoms with Crippen molar-refractivity contribution in [2.45, 2.75) is 52.4 Å². The van der Waals surface area contributed by atoms with Crippen molar-refractivity contribution in [1.29, 1.82) is 0 Å². The van der Waals surface area contributed by atoms with Crippen molar-refractivity contribution in [3.8, 4) is 23.0 Å². The molecule has 0 bridgehead atoms. The Hall–Kier alpha value is -3.02. The molecule has 0 aromatic heterocycles. The minimum Gasteiger partial charge on any atom is -0.492 e. The summed E-state index contributed by atoms with van der Waals surface area (Å²) in [6.07, 6.45) is 0. The minimum atomic E-state index is -0.363. The number of hydrogen-bond donors (Lipinski definition) is 0. The van der Waals surface area contributed by atoms with Crippen molar-refractivity contribution in [2.75, 3.05) is 13.2 Å². The van der Waals surface area contributed by atoms with Crippen LogP contribution in [0.1, 0.15) is 52.7 Å². The van der Waals surface area contributed by atoms with Crippen LogP contribution in [0.4, 0.5) is 0 Å². The molecule has 0 saturated carbocycles. The third-order valence-electron chi connectivity index (χ3n) is 7.12. The Morgan fingerprint density at radius 2 is 1.13 bits per heavy atom. The van der Waals surface area contributed by atoms with Crippen molar-refractivity contribution in [3.05, 3.63) is 47.5 Å². The number of esters is 2. The van der Waals surface area contributed by atoms with E-state index in [2.05, 4.69) is 27.7 Å². The standard InChI is InChI=1S/C25H28O6/c1-15(26)30-17-7-9-19-21(11-17)28-13-25(23(19,3)4)14-29-22-12-18(31-16(2)27)8-10-20(22)24(25,5)6/h7-12H,13-14H2,1-6H3. The van der Waals surface area contributed by atoms with Crippen molar-refractivity contribution in [3.63, 3.8) is 0 Å². The maximum absolute atomic E-state index is 11.3. The topological polar surface area (TPSA) is 71.1 Å². The molecule has 0 radical (unpaired) electrons. The molecule has 0 unspecified atom stereocenters. The highest BCUT2D eigenvalue weighted by atomic mass is 16.5. The molecular weight excluding hydrogens is 396 g/mol. The second-order valence-corrected chi connectivity index (χ2v) is 9.41. The quantitative estimate of drug-likeness (QED) is 0.520. The van der Waals surface area contributed by atoms with Gasteiger partial charge in [0.25, 0.3) is 0 Å². The summed E-state index contributed by atoms with van der Waals surface area (Å²) in [5.41, 5.74) is 1.14. The number of ether oxygens (including phenoxy) is 4. The summed E-state index contributed by atoms with van der Waals surface area (Å²) in [6.45, 7) is 12.5. The van der Waals surface area contributed by atoms with Crippen LogP contribution in [-0.4, -0.2) is 25.2 Å². The third-order valence-corrected chi connectivity index (χ3v) is 7.12. The smallest absolute Gasteiger partial charge is 0.308 e. The summed E-state index contributed by atoms with van der Waals surface area (Å²) in [6, 6.07) is 11.1. The number of hydrogen-bond acceptors (Lipinski definition) is 6. The monoisotopic (exact) mass is 424 g/mol. The van der Waals surface area contributed by atoms with Gasteiger partial charge in [0.1, 0.15) is 23.0 Å². The zero-order valence-electron chi connectivity index (χ0n) is 18.8. The Morgan fingerprint density at radius 3 is 1.48 bits per heavy atom. The Balaban J connectivity index is 1.76. The predicted octanol–water partition coefficient (Wildman–Crippen LogP) is 4.56. The SMILES string of the molecule is CC(=O)Oc1ccc2c(c1)OCC1(COc3cc(OC(C)=O)ccc3C1(C)C)C2(C)C. The second-order valence-electron chi connectivity index (χ2n) is 9.41. The highest BCUT2D eigenvalue weighted by Gasteiger charge is 2.62. The fraction of sp³-hybridized carbons (Fsp3) is 0.440. The number of carbonyl (C=O) groups excluding carboxylic acids is 2. The van der Waals surface area contributed by atoms with Gasteiger partial charge < -0.3 is 18.9 Å². The highest BCUT2D eigenvalue weighted by Crippen LogP contribution is 2.61. The molecule has 0 amide bonds. The van der Waals surface area contributed by atoms with Crippen LogP contribution in [0.2, 0.25) is 0 Å². The molecule has 6 nitrogen and oxygen atoms in total. The van der Waals surface area contributed by atoms with E-state index < -0.39 is 0 Å². The molecule has 0 saturated heterocycles. The first-order valence-corrected chi connectivity index (χ1v) is 10.4. The summed E-state index contributed by atoms with van der Waals surface area (Å²) >= 11 is 0. The molecule has 2 aliphatic heterocycles. The van der Waals surface area contributed by atoms with Gasteiger partial charge in [0.05, 0.1) is 18.6 Å². The third kappa shape index (κ3) is 3.16. The van der Waals surface area contributed by atoms with Crippen LogP contribution in [0, 0.1) is 5.41 Å². The van der Waals surface area contributed by atoms with E-state index in [0.717, 1.165) is 22.6 Å². The average molecular weight is 424 g/mol. The van der Waals surface area contributed by atoms with Gasteiger partial charge in [-0.2, -0.15) is 0 Å². The summed E-state index contributed by atoms with van der Waals surface area (Å²) in [7, 11) is 0. The van der Waals surface area contributed by atoms with Crippen molar-refractivity contribution in [2.24, 2.45) is 5.41 Å². The molecule has 31 heavy (non-hydrogen) atoms. The van der Waals surface area contributed by atoms with E-state index in [1.807, 2.05) is 12.1 Å². The van der Waals surface area contributed by atoms with Gasteiger partial charge in [0.2, 0.25) is 0 Å². The van der Waals surface area contributed by atoms with E-state index >= 15 is 0 Å². The number of carbonyl (C=O) groups is 2. The normalized spacial score (nSPS) is 19.3. The summed E-state index contributed by atoms with van der Waals surface area (Å²) in [4.78, 5) is 22.7. The van der Waals surface area contributed by atoms with Gasteiger partial charge in [-0.15, -0.1) is 0 Å². The summed E-state index contributed by atoms with van der Waals surface area (Å²) in [5.74, 6) is 1.67. The van der Waals surface area contributed by atoms with E-state index in [4.69, 9.17) is 18.9 Å². The molecule has 4 rings (SSSR count). The maximum atomic E-state index is 11.3. The second kappa shape index (κ2) is 7.01. The molecule has 0 fully saturated rings. The van der Waals surface area contributed by atoms with Crippen LogP contribution >= 0.6 is 0 Å². The molecule has 2 aliphatic rings. The van der Waals surface area contributed by atoms with Gasteiger partial charge in [-0.05, 0) is 12.1 Å². The van der Waals surface area contributed by atoms with E-state index in [1.165, 1.54) is 13.8 Å². The van der Waals surface area contributed by atoms with Crippen LogP contribution in [0.3, 0.4) is 0 Å². The molecular formula is C25H28O6. The van der Waals surface area contributed by atoms with E-state index in [9.17, 15) is 9.59 Å². The van der Waals surface area contributed by atoms with Crippen molar-refractivity contribution >= 4 is 11.9 Å². The van der Waals surface area contributed by atoms with Crippen LogP contribution in [0.5, 0.6) is 23.0 Å². The number of fused-ring (bicyclic) bond motifs is 2. The first-order valence-electron chi connectivity index (χ1n) is 10.4. The Bertz CT molecular complexity index is 980. The number of rotatable bonds is 2. The maximum Gasteiger partial charge on any atom is 0.308 e. The summed E-state index contributed by atoms with van der Waals surface area (Å²) < 4.78 is 23.0. The van der Waals surface area contributed by atoms with Gasteiger partial charge in [0.15, 0.2) is 0 Å². The fourth-order valence-corrected chi connectivity index (χ4v) is 5.20. The van der Waals surface area contributed by atoms with Gasteiger partial charge in [0, 0.05) is 47.9 Å². The largest absolute Gasteiger partial charge is 0.492 e. The summed E-state index contributed by atoms with van der Waals surface area (Å²) in [5, 5.41) is 0. The Morgan fingerprint density at radius 1 is 0.742 bits per heavy atom. The molecule has 0 atom stereocenters. The molecule has 2 heterocycles. The highest BCUT2D eigenvalue weighted by molar-refractivity contribution is 5.70. The van der Waals surface area contributed by atoms with Gasteiger partial charge in [-0.1, -0.05) is 39.8 Å². The molecule has 6 heteroatoms. The lowest BCUT2D eigenvalue weighted by Crippen LogP contribution is -2.63. The first kappa shape index (κ1) is 21.2. The Labute approximate surface area is 182 Å². The van der Waals surface area contributed by atoms with E-state index in [1.54, 1.807) is 24.3 Å². The van der Waals surface area contributed by atoms with Crippen LogP contribution in [-0.2, 0) is 20.4 Å². The molecule has 1 spiro atoms. The van der Waals surface area contributed by atoms with Crippen LogP contribution < -0.4 is 18.9 Å². The molecule has 2 aromatic carbocycles. The lowest BCUT2D eigenvalue weighted by molar-refractivity contribution is -0.132. The lowest BCUT2D eigenvalue weighted by Gasteiger charge is -2.60. The van der Waals surface area contributed by atoms with Crippen molar-refractivity contribution < 1.29 is 28.5 Å². The zero-order chi connectivity index (χ0) is 22.6. The van der Waals surface area contributed by atoms with E-state index in [0.29, 0.717) is 24.7 Å². The number of benzene rings is 2. The Kier molecular flexibility index (Phi) is 4.80. The molecule has 164 valence electrons. The van der Waals surface area contributed by atoms with Crippen LogP contribution in [0.25, 0.3) is 0 Å². The molecule has 2 aromatic rings. The molecule has 0 aliphatic carbocycles. The van der Waals surface area contributed by atoms with Gasteiger partial charge in [-0.25, -0.2) is 0 Å². The lowest BCUT2D eigenvalue weighted by atomic mass is 9.48. The van der Waals surface area contributed by atoms with E-state index in [-0.39, 0.29) is 28.2 Å². The predicted molar refractivity (Wildman–Crippen MR) is 115 cm³/mol. The molecule has 0 N–H and O–H groups in total. The van der Waals surface area contributed by atoms with Crippen molar-refractivity contribution in [1.82, 2.24) is 0 Å². The average Bonchev–Trinajstić information content (AvgIpc) is 2.65.